The molecule has 8 nitrogen and oxygen atoms in total. The van der Waals surface area contributed by atoms with Crippen molar-refractivity contribution in [1.82, 2.24) is 29.6 Å². The Hall–Kier alpha value is -2.97. The first-order valence-electron chi connectivity index (χ1n) is 10.7. The van der Waals surface area contributed by atoms with Gasteiger partial charge in [-0.2, -0.15) is 5.10 Å². The van der Waals surface area contributed by atoms with Crippen molar-refractivity contribution >= 4 is 22.9 Å². The van der Waals surface area contributed by atoms with E-state index in [1.807, 2.05) is 24.0 Å². The van der Waals surface area contributed by atoms with Crippen molar-refractivity contribution in [2.45, 2.75) is 38.6 Å². The van der Waals surface area contributed by atoms with Crippen molar-refractivity contribution in [1.29, 1.82) is 0 Å². The second-order valence-corrected chi connectivity index (χ2v) is 8.29. The third kappa shape index (κ3) is 3.53. The zero-order valence-electron chi connectivity index (χ0n) is 17.1. The van der Waals surface area contributed by atoms with Crippen LogP contribution >= 0.6 is 0 Å². The van der Waals surface area contributed by atoms with Crippen molar-refractivity contribution in [3.8, 4) is 0 Å². The van der Waals surface area contributed by atoms with Crippen LogP contribution in [0, 0.1) is 11.7 Å². The first kappa shape index (κ1) is 19.0. The molecule has 5 heterocycles. The van der Waals surface area contributed by atoms with E-state index in [4.69, 9.17) is 4.98 Å². The van der Waals surface area contributed by atoms with Gasteiger partial charge in [0.15, 0.2) is 11.5 Å². The first-order chi connectivity index (χ1) is 14.6. The number of piperidine rings is 1. The van der Waals surface area contributed by atoms with E-state index < -0.39 is 0 Å². The number of rotatable bonds is 4. The lowest BCUT2D eigenvalue weighted by Crippen LogP contribution is -2.44. The molecule has 0 bridgehead atoms. The number of hydrogen-bond donors (Lipinski definition) is 1. The molecule has 158 valence electrons. The van der Waals surface area contributed by atoms with Crippen LogP contribution in [0.25, 0.3) is 11.2 Å². The third-order valence-electron chi connectivity index (χ3n) is 6.22. The average Bonchev–Trinajstić information content (AvgIpc) is 3.52. The fraction of sp³-hybridized carbons (Fsp3) is 0.524. The number of aromatic amines is 1. The number of H-pyrrole nitrogens is 1. The summed E-state index contributed by atoms with van der Waals surface area (Å²) in [7, 11) is 0. The van der Waals surface area contributed by atoms with Crippen LogP contribution in [0.15, 0.2) is 24.5 Å². The van der Waals surface area contributed by atoms with Crippen LogP contribution in [0.1, 0.15) is 44.5 Å². The van der Waals surface area contributed by atoms with E-state index in [0.717, 1.165) is 56.7 Å². The summed E-state index contributed by atoms with van der Waals surface area (Å²) in [6, 6.07) is 3.71. The standard InChI is InChI=1S/C21H26FN7O/c1-14(29-13-16(22)11-23-29)19-24-17-6-7-18(25-20(17)26-19)28-10-4-5-15(12-28)21(30)27-8-2-3-9-27/h6-7,11,13-15H,2-5,8-10,12H2,1H3,(H,24,25,26)/t14-,15?/m0/s1. The number of halogens is 1. The zero-order valence-corrected chi connectivity index (χ0v) is 17.1. The molecule has 30 heavy (non-hydrogen) atoms. The highest BCUT2D eigenvalue weighted by molar-refractivity contribution is 5.80. The number of likely N-dealkylation sites (tertiary alicyclic amines) is 1. The number of pyridine rings is 1. The Balaban J connectivity index is 1.35. The van der Waals surface area contributed by atoms with Gasteiger partial charge in [0, 0.05) is 26.2 Å². The van der Waals surface area contributed by atoms with Crippen LogP contribution in [0.4, 0.5) is 10.2 Å². The molecule has 0 aromatic carbocycles. The molecular formula is C21H26FN7O. The molecule has 1 amide bonds. The number of fused-ring (bicyclic) bond motifs is 1. The summed E-state index contributed by atoms with van der Waals surface area (Å²) < 4.78 is 14.8. The van der Waals surface area contributed by atoms with Gasteiger partial charge in [-0.15, -0.1) is 0 Å². The van der Waals surface area contributed by atoms with Gasteiger partial charge in [-0.05, 0) is 44.7 Å². The SMILES string of the molecule is C[C@@H](c1nc2nc(N3CCCC(C(=O)N4CCCC4)C3)ccc2[nH]1)n1cc(F)cn1. The van der Waals surface area contributed by atoms with Gasteiger partial charge in [0.05, 0.1) is 23.8 Å². The monoisotopic (exact) mass is 411 g/mol. The van der Waals surface area contributed by atoms with E-state index >= 15 is 0 Å². The number of imidazole rings is 1. The van der Waals surface area contributed by atoms with Crippen LogP contribution in [0.3, 0.4) is 0 Å². The van der Waals surface area contributed by atoms with Gasteiger partial charge < -0.3 is 14.8 Å². The Bertz CT molecular complexity index is 1050. The lowest BCUT2D eigenvalue weighted by molar-refractivity contribution is -0.134. The molecule has 0 radical (unpaired) electrons. The quantitative estimate of drug-likeness (QED) is 0.714. The number of nitrogens with zero attached hydrogens (tertiary/aromatic N) is 6. The summed E-state index contributed by atoms with van der Waals surface area (Å²) in [6.45, 7) is 5.29. The number of anilines is 1. The summed E-state index contributed by atoms with van der Waals surface area (Å²) >= 11 is 0. The van der Waals surface area contributed by atoms with Crippen molar-refractivity contribution in [3.63, 3.8) is 0 Å². The Morgan fingerprint density at radius 1 is 1.20 bits per heavy atom. The molecule has 3 aromatic rings. The third-order valence-corrected chi connectivity index (χ3v) is 6.22. The molecule has 5 rings (SSSR count). The van der Waals surface area contributed by atoms with E-state index in [9.17, 15) is 9.18 Å². The largest absolute Gasteiger partial charge is 0.356 e. The maximum Gasteiger partial charge on any atom is 0.227 e. The van der Waals surface area contributed by atoms with Crippen LogP contribution in [-0.2, 0) is 4.79 Å². The summed E-state index contributed by atoms with van der Waals surface area (Å²) in [6.07, 6.45) is 6.70. The van der Waals surface area contributed by atoms with E-state index in [0.29, 0.717) is 23.9 Å². The van der Waals surface area contributed by atoms with Crippen molar-refractivity contribution in [2.75, 3.05) is 31.1 Å². The molecule has 2 aliphatic heterocycles. The smallest absolute Gasteiger partial charge is 0.227 e. The van der Waals surface area contributed by atoms with Crippen LogP contribution in [-0.4, -0.2) is 61.7 Å². The second-order valence-electron chi connectivity index (χ2n) is 8.29. The Morgan fingerprint density at radius 2 is 2.03 bits per heavy atom. The summed E-state index contributed by atoms with van der Waals surface area (Å²) in [5.41, 5.74) is 1.45. The molecule has 3 aromatic heterocycles. The Morgan fingerprint density at radius 3 is 2.80 bits per heavy atom. The average molecular weight is 411 g/mol. The summed E-state index contributed by atoms with van der Waals surface area (Å²) in [5, 5.41) is 4.03. The van der Waals surface area contributed by atoms with E-state index in [-0.39, 0.29) is 17.8 Å². The molecule has 1 unspecified atom stereocenters. The number of carbonyl (C=O) groups excluding carboxylic acids is 1. The zero-order chi connectivity index (χ0) is 20.7. The fourth-order valence-electron chi connectivity index (χ4n) is 4.51. The molecule has 0 aliphatic carbocycles. The number of nitrogens with one attached hydrogen (secondary N) is 1. The molecule has 9 heteroatoms. The van der Waals surface area contributed by atoms with Crippen molar-refractivity contribution in [3.05, 3.63) is 36.2 Å². The van der Waals surface area contributed by atoms with E-state index in [2.05, 4.69) is 20.0 Å². The predicted octanol–water partition coefficient (Wildman–Crippen LogP) is 2.74. The Kier molecular flexibility index (Phi) is 4.88. The Labute approximate surface area is 174 Å². The summed E-state index contributed by atoms with van der Waals surface area (Å²) in [4.78, 5) is 29.7. The van der Waals surface area contributed by atoms with Gasteiger partial charge >= 0.3 is 0 Å². The lowest BCUT2D eigenvalue weighted by atomic mass is 9.96. The molecule has 2 fully saturated rings. The van der Waals surface area contributed by atoms with Crippen LogP contribution in [0.2, 0.25) is 0 Å². The topological polar surface area (TPSA) is 82.9 Å². The highest BCUT2D eigenvalue weighted by Crippen LogP contribution is 2.26. The fourth-order valence-corrected chi connectivity index (χ4v) is 4.51. The maximum absolute atomic E-state index is 13.3. The molecule has 2 atom stereocenters. The lowest BCUT2D eigenvalue weighted by Gasteiger charge is -2.34. The van der Waals surface area contributed by atoms with Crippen LogP contribution in [0.5, 0.6) is 0 Å². The van der Waals surface area contributed by atoms with Crippen molar-refractivity contribution < 1.29 is 9.18 Å². The minimum absolute atomic E-state index is 0.0406. The van der Waals surface area contributed by atoms with Gasteiger partial charge in [0.1, 0.15) is 17.7 Å². The number of amides is 1. The minimum Gasteiger partial charge on any atom is -0.356 e. The van der Waals surface area contributed by atoms with Crippen molar-refractivity contribution in [2.24, 2.45) is 5.92 Å². The van der Waals surface area contributed by atoms with E-state index in [1.165, 1.54) is 17.1 Å². The van der Waals surface area contributed by atoms with Gasteiger partial charge in [0.25, 0.3) is 0 Å². The van der Waals surface area contributed by atoms with Gasteiger partial charge in [0.2, 0.25) is 5.91 Å². The van der Waals surface area contributed by atoms with Gasteiger partial charge in [-0.3, -0.25) is 9.48 Å². The maximum atomic E-state index is 13.3. The number of carbonyl (C=O) groups is 1. The second kappa shape index (κ2) is 7.70. The van der Waals surface area contributed by atoms with Crippen LogP contribution < -0.4 is 4.90 Å². The predicted molar refractivity (Wildman–Crippen MR) is 111 cm³/mol. The molecule has 0 saturated carbocycles. The molecule has 2 saturated heterocycles. The van der Waals surface area contributed by atoms with E-state index in [1.54, 1.807) is 0 Å². The first-order valence-corrected chi connectivity index (χ1v) is 10.7. The number of aromatic nitrogens is 5. The molecule has 1 N–H and O–H groups in total. The van der Waals surface area contributed by atoms with Gasteiger partial charge in [-0.25, -0.2) is 14.4 Å². The summed E-state index contributed by atoms with van der Waals surface area (Å²) in [5.74, 6) is 1.48. The molecular weight excluding hydrogens is 385 g/mol. The highest BCUT2D eigenvalue weighted by atomic mass is 19.1. The minimum atomic E-state index is -0.374. The highest BCUT2D eigenvalue weighted by Gasteiger charge is 2.31. The number of hydrogen-bond acceptors (Lipinski definition) is 5. The molecule has 2 aliphatic rings. The normalized spacial score (nSPS) is 20.8. The van der Waals surface area contributed by atoms with Gasteiger partial charge in [-0.1, -0.05) is 0 Å². The molecule has 0 spiro atoms.